The van der Waals surface area contributed by atoms with Crippen molar-refractivity contribution in [2.24, 2.45) is 0 Å². The van der Waals surface area contributed by atoms with E-state index in [-0.39, 0.29) is 11.3 Å². The fraction of sp³-hybridized carbons (Fsp3) is 0.0800. The molecular formula is C25H20N2O3. The predicted molar refractivity (Wildman–Crippen MR) is 121 cm³/mol. The zero-order valence-corrected chi connectivity index (χ0v) is 16.4. The molecule has 5 rings (SSSR count). The Labute approximate surface area is 172 Å². The van der Waals surface area contributed by atoms with Crippen LogP contribution < -0.4 is 10.1 Å². The Bertz CT molecular complexity index is 1420. The van der Waals surface area contributed by atoms with E-state index >= 15 is 0 Å². The molecule has 1 amide bonds. The Hall–Kier alpha value is -3.99. The number of phenols is 1. The molecule has 0 aliphatic heterocycles. The quantitative estimate of drug-likeness (QED) is 0.358. The van der Waals surface area contributed by atoms with E-state index in [1.165, 1.54) is 0 Å². The molecule has 5 heteroatoms. The summed E-state index contributed by atoms with van der Waals surface area (Å²) in [6, 6.07) is 22.7. The summed E-state index contributed by atoms with van der Waals surface area (Å²) in [4.78, 5) is 16.3. The van der Waals surface area contributed by atoms with E-state index in [4.69, 9.17) is 4.74 Å². The smallest absolute Gasteiger partial charge is 0.259 e. The summed E-state index contributed by atoms with van der Waals surface area (Å²) in [6.07, 6.45) is 0. The molecule has 0 unspecified atom stereocenters. The maximum Gasteiger partial charge on any atom is 0.259 e. The van der Waals surface area contributed by atoms with E-state index in [0.717, 1.165) is 32.6 Å². The van der Waals surface area contributed by atoms with Crippen molar-refractivity contribution < 1.29 is 14.6 Å². The van der Waals surface area contributed by atoms with Crippen LogP contribution in [0.4, 0.5) is 5.69 Å². The van der Waals surface area contributed by atoms with Crippen molar-refractivity contribution in [2.45, 2.75) is 6.92 Å². The number of fused-ring (bicyclic) bond motifs is 5. The van der Waals surface area contributed by atoms with Crippen molar-refractivity contribution in [3.8, 4) is 11.5 Å². The maximum atomic E-state index is 12.9. The number of nitrogens with one attached hydrogen (secondary N) is 2. The van der Waals surface area contributed by atoms with Crippen LogP contribution in [-0.4, -0.2) is 22.6 Å². The monoisotopic (exact) mass is 396 g/mol. The molecule has 0 saturated heterocycles. The third-order valence-corrected chi connectivity index (χ3v) is 5.29. The van der Waals surface area contributed by atoms with Crippen LogP contribution in [-0.2, 0) is 0 Å². The highest BCUT2D eigenvalue weighted by molar-refractivity contribution is 6.18. The second-order valence-corrected chi connectivity index (χ2v) is 7.13. The molecule has 3 N–H and O–H groups in total. The van der Waals surface area contributed by atoms with Crippen LogP contribution in [0.3, 0.4) is 0 Å². The van der Waals surface area contributed by atoms with Crippen LogP contribution in [0.1, 0.15) is 17.3 Å². The van der Waals surface area contributed by atoms with E-state index < -0.39 is 5.91 Å². The number of rotatable bonds is 4. The van der Waals surface area contributed by atoms with Crippen molar-refractivity contribution in [3.05, 3.63) is 78.4 Å². The van der Waals surface area contributed by atoms with Crippen LogP contribution in [0.5, 0.6) is 11.5 Å². The van der Waals surface area contributed by atoms with Gasteiger partial charge in [-0.15, -0.1) is 0 Å². The van der Waals surface area contributed by atoms with E-state index in [1.54, 1.807) is 24.3 Å². The molecule has 0 aliphatic rings. The largest absolute Gasteiger partial charge is 0.507 e. The summed E-state index contributed by atoms with van der Waals surface area (Å²) in [5.41, 5.74) is 2.76. The number of hydrogen-bond acceptors (Lipinski definition) is 3. The lowest BCUT2D eigenvalue weighted by molar-refractivity contribution is 0.102. The number of aromatic nitrogens is 1. The van der Waals surface area contributed by atoms with Gasteiger partial charge in [0.05, 0.1) is 23.4 Å². The maximum absolute atomic E-state index is 12.9. The number of carbonyl (C=O) groups excluding carboxylic acids is 1. The van der Waals surface area contributed by atoms with Gasteiger partial charge in [-0.1, -0.05) is 42.5 Å². The first-order chi connectivity index (χ1) is 14.7. The fourth-order valence-corrected chi connectivity index (χ4v) is 3.90. The lowest BCUT2D eigenvalue weighted by Crippen LogP contribution is -2.13. The summed E-state index contributed by atoms with van der Waals surface area (Å²) in [5, 5.41) is 17.5. The normalized spacial score (nSPS) is 11.2. The molecule has 5 aromatic rings. The summed E-state index contributed by atoms with van der Waals surface area (Å²) < 4.78 is 5.57. The molecule has 0 radical (unpaired) electrons. The standard InChI is InChI=1S/C25H20N2O3/c1-2-30-23-10-6-5-9-21(23)27-25(29)19-13-15-11-12-17-16-7-3-4-8-20(16)26-24(17)18(15)14-22(19)28/h3-14,26,28H,2H2,1H3,(H,27,29). The van der Waals surface area contributed by atoms with Crippen molar-refractivity contribution in [3.63, 3.8) is 0 Å². The number of phenolic OH excluding ortho intramolecular Hbond substituents is 1. The van der Waals surface area contributed by atoms with Crippen LogP contribution in [0, 0.1) is 0 Å². The third-order valence-electron chi connectivity index (χ3n) is 5.29. The van der Waals surface area contributed by atoms with Gasteiger partial charge in [0.2, 0.25) is 0 Å². The van der Waals surface area contributed by atoms with Gasteiger partial charge in [0.25, 0.3) is 5.91 Å². The molecule has 1 aromatic heterocycles. The van der Waals surface area contributed by atoms with E-state index in [1.807, 2.05) is 49.4 Å². The molecular weight excluding hydrogens is 376 g/mol. The average Bonchev–Trinajstić information content (AvgIpc) is 3.14. The van der Waals surface area contributed by atoms with Gasteiger partial charge < -0.3 is 20.1 Å². The highest BCUT2D eigenvalue weighted by Crippen LogP contribution is 2.35. The third kappa shape index (κ3) is 2.92. The lowest BCUT2D eigenvalue weighted by Gasteiger charge is -2.12. The molecule has 148 valence electrons. The van der Waals surface area contributed by atoms with Crippen molar-refractivity contribution in [1.82, 2.24) is 4.98 Å². The van der Waals surface area contributed by atoms with Crippen molar-refractivity contribution in [1.29, 1.82) is 0 Å². The molecule has 0 fully saturated rings. The first-order valence-corrected chi connectivity index (χ1v) is 9.85. The van der Waals surface area contributed by atoms with Gasteiger partial charge in [0, 0.05) is 21.7 Å². The zero-order chi connectivity index (χ0) is 20.7. The Morgan fingerprint density at radius 3 is 2.63 bits per heavy atom. The molecule has 0 saturated carbocycles. The highest BCUT2D eigenvalue weighted by Gasteiger charge is 2.16. The number of anilines is 1. The minimum Gasteiger partial charge on any atom is -0.507 e. The Kier molecular flexibility index (Phi) is 4.29. The van der Waals surface area contributed by atoms with Crippen LogP contribution in [0.25, 0.3) is 32.6 Å². The number of benzene rings is 4. The number of amides is 1. The average molecular weight is 396 g/mol. The molecule has 0 aliphatic carbocycles. The summed E-state index contributed by atoms with van der Waals surface area (Å²) >= 11 is 0. The summed E-state index contributed by atoms with van der Waals surface area (Å²) in [5.74, 6) is 0.131. The summed E-state index contributed by atoms with van der Waals surface area (Å²) in [6.45, 7) is 2.38. The van der Waals surface area contributed by atoms with E-state index in [9.17, 15) is 9.90 Å². The molecule has 5 nitrogen and oxygen atoms in total. The first-order valence-electron chi connectivity index (χ1n) is 9.85. The van der Waals surface area contributed by atoms with Gasteiger partial charge in [-0.25, -0.2) is 0 Å². The highest BCUT2D eigenvalue weighted by atomic mass is 16.5. The topological polar surface area (TPSA) is 74.3 Å². The van der Waals surface area contributed by atoms with Crippen LogP contribution >= 0.6 is 0 Å². The number of H-pyrrole nitrogens is 1. The minimum absolute atomic E-state index is 0.0694. The Morgan fingerprint density at radius 2 is 1.77 bits per heavy atom. The van der Waals surface area contributed by atoms with Gasteiger partial charge >= 0.3 is 0 Å². The molecule has 0 atom stereocenters. The zero-order valence-electron chi connectivity index (χ0n) is 16.4. The van der Waals surface area contributed by atoms with Gasteiger partial charge in [0.15, 0.2) is 0 Å². The molecule has 30 heavy (non-hydrogen) atoms. The number of ether oxygens (including phenoxy) is 1. The van der Waals surface area contributed by atoms with Gasteiger partial charge in [-0.2, -0.15) is 0 Å². The number of hydrogen-bond donors (Lipinski definition) is 3. The molecule has 4 aromatic carbocycles. The van der Waals surface area contributed by atoms with Crippen LogP contribution in [0.15, 0.2) is 72.8 Å². The van der Waals surface area contributed by atoms with Gasteiger partial charge in [-0.05, 0) is 42.6 Å². The molecule has 0 spiro atoms. The summed E-state index contributed by atoms with van der Waals surface area (Å²) in [7, 11) is 0. The number of aromatic amines is 1. The fourth-order valence-electron chi connectivity index (χ4n) is 3.90. The van der Waals surface area contributed by atoms with Crippen molar-refractivity contribution in [2.75, 3.05) is 11.9 Å². The number of para-hydroxylation sites is 3. The lowest BCUT2D eigenvalue weighted by atomic mass is 10.0. The van der Waals surface area contributed by atoms with Gasteiger partial charge in [-0.3, -0.25) is 4.79 Å². The SMILES string of the molecule is CCOc1ccccc1NC(=O)c1cc2ccc3c4ccccc4[nH]c3c2cc1O. The second kappa shape index (κ2) is 7.12. The second-order valence-electron chi connectivity index (χ2n) is 7.13. The Balaban J connectivity index is 1.58. The van der Waals surface area contributed by atoms with E-state index in [2.05, 4.69) is 16.4 Å². The molecule has 0 bridgehead atoms. The van der Waals surface area contributed by atoms with Crippen LogP contribution in [0.2, 0.25) is 0 Å². The number of carbonyl (C=O) groups is 1. The van der Waals surface area contributed by atoms with Gasteiger partial charge in [0.1, 0.15) is 11.5 Å². The van der Waals surface area contributed by atoms with E-state index in [0.29, 0.717) is 18.0 Å². The molecule has 1 heterocycles. The minimum atomic E-state index is -0.390. The first kappa shape index (κ1) is 18.1. The Morgan fingerprint density at radius 1 is 0.967 bits per heavy atom. The van der Waals surface area contributed by atoms with Crippen molar-refractivity contribution >= 4 is 44.2 Å². The number of aromatic hydroxyl groups is 1. The predicted octanol–water partition coefficient (Wildman–Crippen LogP) is 5.83.